The van der Waals surface area contributed by atoms with Gasteiger partial charge in [-0.2, -0.15) is 0 Å². The third kappa shape index (κ3) is 3.14. The molecule has 0 spiro atoms. The molecule has 3 heteroatoms. The van der Waals surface area contributed by atoms with Crippen LogP contribution in [-0.2, 0) is 4.79 Å². The van der Waals surface area contributed by atoms with E-state index in [0.29, 0.717) is 5.92 Å². The fraction of sp³-hybridized carbons (Fsp3) is 0.727. The number of hydrogen-bond donors (Lipinski definition) is 1. The predicted octanol–water partition coefficient (Wildman–Crippen LogP) is 1.15. The van der Waals surface area contributed by atoms with Crippen LogP contribution in [0.5, 0.6) is 0 Å². The average molecular weight is 196 g/mol. The van der Waals surface area contributed by atoms with E-state index in [1.54, 1.807) is 0 Å². The third-order valence-electron chi connectivity index (χ3n) is 2.55. The Morgan fingerprint density at radius 3 is 2.93 bits per heavy atom. The van der Waals surface area contributed by atoms with Gasteiger partial charge in [-0.25, -0.2) is 0 Å². The van der Waals surface area contributed by atoms with Gasteiger partial charge in [0.1, 0.15) is 0 Å². The molecular weight excluding hydrogens is 176 g/mol. The third-order valence-corrected chi connectivity index (χ3v) is 2.55. The summed E-state index contributed by atoms with van der Waals surface area (Å²) in [6.07, 6.45) is 6.30. The molecule has 1 aliphatic heterocycles. The number of allylic oxidation sites excluding steroid dienone is 1. The Morgan fingerprint density at radius 2 is 2.36 bits per heavy atom. The van der Waals surface area contributed by atoms with Crippen molar-refractivity contribution in [3.05, 3.63) is 12.2 Å². The molecule has 0 aromatic rings. The maximum atomic E-state index is 11.1. The molecule has 0 aromatic heterocycles. The van der Waals surface area contributed by atoms with Crippen molar-refractivity contribution in [2.24, 2.45) is 11.7 Å². The molecule has 0 radical (unpaired) electrons. The number of rotatable bonds is 4. The van der Waals surface area contributed by atoms with Crippen LogP contribution in [0.1, 0.15) is 26.7 Å². The number of carbonyl (C=O) groups is 1. The lowest BCUT2D eigenvalue weighted by Gasteiger charge is -2.19. The van der Waals surface area contributed by atoms with Crippen LogP contribution in [0.4, 0.5) is 0 Å². The molecule has 14 heavy (non-hydrogen) atoms. The first kappa shape index (κ1) is 11.2. The summed E-state index contributed by atoms with van der Waals surface area (Å²) in [5.74, 6) is 0.394. The summed E-state index contributed by atoms with van der Waals surface area (Å²) in [7, 11) is 0. The van der Waals surface area contributed by atoms with Crippen molar-refractivity contribution in [1.29, 1.82) is 0 Å². The fourth-order valence-corrected chi connectivity index (χ4v) is 1.84. The van der Waals surface area contributed by atoms with Gasteiger partial charge in [0.05, 0.1) is 6.04 Å². The molecule has 1 atom stereocenters. The van der Waals surface area contributed by atoms with Crippen molar-refractivity contribution in [3.63, 3.8) is 0 Å². The van der Waals surface area contributed by atoms with Crippen LogP contribution in [0.2, 0.25) is 0 Å². The first-order chi connectivity index (χ1) is 6.61. The minimum Gasteiger partial charge on any atom is -0.368 e. The van der Waals surface area contributed by atoms with Gasteiger partial charge in [0, 0.05) is 6.54 Å². The molecule has 1 heterocycles. The Kier molecular flexibility index (Phi) is 4.14. The largest absolute Gasteiger partial charge is 0.368 e. The molecule has 1 rings (SSSR count). The number of likely N-dealkylation sites (tertiary alicyclic amines) is 1. The Labute approximate surface area is 86.0 Å². The van der Waals surface area contributed by atoms with E-state index in [4.69, 9.17) is 5.73 Å². The number of primary amides is 1. The smallest absolute Gasteiger partial charge is 0.234 e. The van der Waals surface area contributed by atoms with Crippen molar-refractivity contribution >= 4 is 5.91 Å². The lowest BCUT2D eigenvalue weighted by atomic mass is 10.2. The van der Waals surface area contributed by atoms with E-state index >= 15 is 0 Å². The summed E-state index contributed by atoms with van der Waals surface area (Å²) in [4.78, 5) is 13.2. The van der Waals surface area contributed by atoms with E-state index in [2.05, 4.69) is 30.9 Å². The fourth-order valence-electron chi connectivity index (χ4n) is 1.84. The molecule has 80 valence electrons. The normalized spacial score (nSPS) is 23.8. The Hall–Kier alpha value is -0.830. The molecule has 0 aliphatic carbocycles. The van der Waals surface area contributed by atoms with Crippen molar-refractivity contribution in [2.75, 3.05) is 13.1 Å². The Bertz CT molecular complexity index is 223. The van der Waals surface area contributed by atoms with Crippen LogP contribution in [0.3, 0.4) is 0 Å². The van der Waals surface area contributed by atoms with E-state index in [1.807, 2.05) is 0 Å². The van der Waals surface area contributed by atoms with Gasteiger partial charge in [-0.3, -0.25) is 9.69 Å². The number of nitrogens with zero attached hydrogens (tertiary/aromatic N) is 1. The quantitative estimate of drug-likeness (QED) is 0.686. The molecule has 0 aromatic carbocycles. The van der Waals surface area contributed by atoms with Crippen LogP contribution >= 0.6 is 0 Å². The van der Waals surface area contributed by atoms with Gasteiger partial charge in [0.25, 0.3) is 0 Å². The first-order valence-electron chi connectivity index (χ1n) is 5.31. The minimum atomic E-state index is -0.180. The van der Waals surface area contributed by atoms with Crippen LogP contribution in [-0.4, -0.2) is 29.9 Å². The lowest BCUT2D eigenvalue weighted by molar-refractivity contribution is -0.122. The standard InChI is InChI=1S/C11H20N2O/c1-9(2)5-3-7-13-8-4-6-10(13)11(12)14/h3,5,9-10H,4,6-8H2,1-2H3,(H2,12,14)/b5-3+/t10-/m0/s1. The van der Waals surface area contributed by atoms with E-state index in [-0.39, 0.29) is 11.9 Å². The van der Waals surface area contributed by atoms with Crippen LogP contribution in [0.25, 0.3) is 0 Å². The summed E-state index contributed by atoms with van der Waals surface area (Å²) in [5, 5.41) is 0. The molecule has 1 aliphatic rings. The number of amides is 1. The molecule has 0 bridgehead atoms. The zero-order valence-electron chi connectivity index (χ0n) is 9.07. The second kappa shape index (κ2) is 5.15. The van der Waals surface area contributed by atoms with E-state index in [0.717, 1.165) is 25.9 Å². The van der Waals surface area contributed by atoms with E-state index in [9.17, 15) is 4.79 Å². The van der Waals surface area contributed by atoms with Gasteiger partial charge in [0.15, 0.2) is 0 Å². The van der Waals surface area contributed by atoms with Gasteiger partial charge in [-0.05, 0) is 25.3 Å². The second-order valence-electron chi connectivity index (χ2n) is 4.23. The first-order valence-corrected chi connectivity index (χ1v) is 5.31. The van der Waals surface area contributed by atoms with Gasteiger partial charge >= 0.3 is 0 Å². The zero-order chi connectivity index (χ0) is 10.6. The number of nitrogens with two attached hydrogens (primary N) is 1. The lowest BCUT2D eigenvalue weighted by Crippen LogP contribution is -2.40. The number of hydrogen-bond acceptors (Lipinski definition) is 2. The van der Waals surface area contributed by atoms with Gasteiger partial charge in [-0.1, -0.05) is 26.0 Å². The second-order valence-corrected chi connectivity index (χ2v) is 4.23. The number of carbonyl (C=O) groups excluding carboxylic acids is 1. The molecule has 1 amide bonds. The highest BCUT2D eigenvalue weighted by Gasteiger charge is 2.27. The van der Waals surface area contributed by atoms with E-state index < -0.39 is 0 Å². The molecule has 0 saturated carbocycles. The maximum absolute atomic E-state index is 11.1. The minimum absolute atomic E-state index is 0.0354. The van der Waals surface area contributed by atoms with Crippen molar-refractivity contribution < 1.29 is 4.79 Å². The molecule has 2 N–H and O–H groups in total. The van der Waals surface area contributed by atoms with E-state index in [1.165, 1.54) is 0 Å². The maximum Gasteiger partial charge on any atom is 0.234 e. The molecular formula is C11H20N2O. The summed E-state index contributed by atoms with van der Waals surface area (Å²) in [6, 6.07) is -0.0354. The molecule has 3 nitrogen and oxygen atoms in total. The van der Waals surface area contributed by atoms with Crippen molar-refractivity contribution in [3.8, 4) is 0 Å². The van der Waals surface area contributed by atoms with Gasteiger partial charge in [-0.15, -0.1) is 0 Å². The molecule has 1 saturated heterocycles. The van der Waals surface area contributed by atoms with Crippen LogP contribution < -0.4 is 5.73 Å². The predicted molar refractivity (Wildman–Crippen MR) is 57.8 cm³/mol. The van der Waals surface area contributed by atoms with Gasteiger partial charge < -0.3 is 5.73 Å². The summed E-state index contributed by atoms with van der Waals surface area (Å²) in [5.41, 5.74) is 5.31. The zero-order valence-corrected chi connectivity index (χ0v) is 9.07. The van der Waals surface area contributed by atoms with Crippen molar-refractivity contribution in [1.82, 2.24) is 4.90 Å². The highest BCUT2D eigenvalue weighted by molar-refractivity contribution is 5.80. The van der Waals surface area contributed by atoms with Crippen LogP contribution in [0.15, 0.2) is 12.2 Å². The average Bonchev–Trinajstić information content (AvgIpc) is 2.51. The highest BCUT2D eigenvalue weighted by Crippen LogP contribution is 2.16. The Balaban J connectivity index is 2.40. The SMILES string of the molecule is CC(C)/C=C/CN1CCC[C@H]1C(N)=O. The van der Waals surface area contributed by atoms with Gasteiger partial charge in [0.2, 0.25) is 5.91 Å². The van der Waals surface area contributed by atoms with Crippen LogP contribution in [0, 0.1) is 5.92 Å². The molecule has 1 fully saturated rings. The highest BCUT2D eigenvalue weighted by atomic mass is 16.1. The van der Waals surface area contributed by atoms with Crippen molar-refractivity contribution in [2.45, 2.75) is 32.7 Å². The topological polar surface area (TPSA) is 46.3 Å². The summed E-state index contributed by atoms with van der Waals surface area (Å²) < 4.78 is 0. The Morgan fingerprint density at radius 1 is 1.64 bits per heavy atom. The summed E-state index contributed by atoms with van der Waals surface area (Å²) in [6.45, 7) is 6.14. The molecule has 0 unspecified atom stereocenters. The summed E-state index contributed by atoms with van der Waals surface area (Å²) >= 11 is 0. The monoisotopic (exact) mass is 196 g/mol.